The average molecular weight is 340 g/mol. The molecule has 2 aromatic carbocycles. The predicted octanol–water partition coefficient (Wildman–Crippen LogP) is 4.78. The summed E-state index contributed by atoms with van der Waals surface area (Å²) in [5.74, 6) is 0.305. The zero-order valence-electron chi connectivity index (χ0n) is 14.5. The minimum absolute atomic E-state index is 0.305. The van der Waals surface area contributed by atoms with Gasteiger partial charge in [0.15, 0.2) is 0 Å². The molecule has 1 fully saturated rings. The van der Waals surface area contributed by atoms with Crippen molar-refractivity contribution in [2.24, 2.45) is 0 Å². The van der Waals surface area contributed by atoms with Crippen molar-refractivity contribution in [3.63, 3.8) is 0 Å². The number of carbonyl (C=O) groups is 1. The van der Waals surface area contributed by atoms with Gasteiger partial charge in [0.05, 0.1) is 5.41 Å². The van der Waals surface area contributed by atoms with Gasteiger partial charge in [-0.1, -0.05) is 55.1 Å². The van der Waals surface area contributed by atoms with Gasteiger partial charge in [-0.25, -0.2) is 0 Å². The van der Waals surface area contributed by atoms with E-state index in [1.807, 2.05) is 6.07 Å². The van der Waals surface area contributed by atoms with E-state index in [1.165, 1.54) is 15.4 Å². The van der Waals surface area contributed by atoms with E-state index < -0.39 is 0 Å². The summed E-state index contributed by atoms with van der Waals surface area (Å²) in [6.07, 6.45) is 1.84. The van der Waals surface area contributed by atoms with Crippen molar-refractivity contribution in [3.05, 3.63) is 60.2 Å². The molecule has 1 aliphatic rings. The molecule has 0 spiro atoms. The first-order chi connectivity index (χ1) is 11.7. The van der Waals surface area contributed by atoms with Crippen LogP contribution in [-0.4, -0.2) is 30.3 Å². The van der Waals surface area contributed by atoms with Gasteiger partial charge in [-0.3, -0.25) is 4.79 Å². The van der Waals surface area contributed by atoms with Crippen LogP contribution in [0, 0.1) is 0 Å². The predicted molar refractivity (Wildman–Crippen MR) is 101 cm³/mol. The third-order valence-corrected chi connectivity index (χ3v) is 6.29. The number of Topliss-reactive ketones (excluding diaryl/α,β-unsaturated/α-hetero) is 1. The van der Waals surface area contributed by atoms with E-state index in [1.54, 1.807) is 18.7 Å². The number of ketones is 1. The summed E-state index contributed by atoms with van der Waals surface area (Å²) in [6.45, 7) is 7.03. The van der Waals surface area contributed by atoms with Crippen LogP contribution >= 0.6 is 11.8 Å². The standard InChI is InChI=1S/C21H25NOS/c1-3-22-15-13-21(14-16-22,17(2)23)19-11-7-8-12-20(19)24-18-9-5-4-6-10-18/h4-12H,3,13-16H2,1-2H3. The van der Waals surface area contributed by atoms with Gasteiger partial charge in [0.25, 0.3) is 0 Å². The Hall–Kier alpha value is -1.58. The third kappa shape index (κ3) is 3.42. The van der Waals surface area contributed by atoms with Crippen LogP contribution in [0.3, 0.4) is 0 Å². The van der Waals surface area contributed by atoms with Crippen LogP contribution in [0.1, 0.15) is 32.3 Å². The largest absolute Gasteiger partial charge is 0.304 e. The Balaban J connectivity index is 1.96. The zero-order valence-corrected chi connectivity index (χ0v) is 15.3. The maximum Gasteiger partial charge on any atom is 0.140 e. The monoisotopic (exact) mass is 339 g/mol. The lowest BCUT2D eigenvalue weighted by Crippen LogP contribution is -2.46. The number of benzene rings is 2. The molecule has 0 aliphatic carbocycles. The highest BCUT2D eigenvalue weighted by molar-refractivity contribution is 7.99. The average Bonchev–Trinajstić information content (AvgIpc) is 2.63. The Morgan fingerprint density at radius 3 is 2.29 bits per heavy atom. The van der Waals surface area contributed by atoms with E-state index in [-0.39, 0.29) is 5.41 Å². The maximum atomic E-state index is 12.7. The highest BCUT2D eigenvalue weighted by atomic mass is 32.2. The molecule has 0 radical (unpaired) electrons. The number of carbonyl (C=O) groups excluding carboxylic acids is 1. The summed E-state index contributed by atoms with van der Waals surface area (Å²) in [6, 6.07) is 18.9. The first kappa shape index (κ1) is 17.2. The Bertz CT molecular complexity index is 690. The number of rotatable bonds is 5. The molecule has 0 amide bonds. The fourth-order valence-corrected chi connectivity index (χ4v) is 4.70. The molecule has 24 heavy (non-hydrogen) atoms. The van der Waals surface area contributed by atoms with E-state index in [2.05, 4.69) is 60.4 Å². The second-order valence-corrected chi connectivity index (χ2v) is 7.60. The molecular weight excluding hydrogens is 314 g/mol. The van der Waals surface area contributed by atoms with Gasteiger partial charge in [-0.2, -0.15) is 0 Å². The molecule has 0 bridgehead atoms. The van der Waals surface area contributed by atoms with Crippen molar-refractivity contribution in [2.75, 3.05) is 19.6 Å². The molecule has 3 heteroatoms. The lowest BCUT2D eigenvalue weighted by Gasteiger charge is -2.41. The molecule has 3 rings (SSSR count). The summed E-state index contributed by atoms with van der Waals surface area (Å²) in [4.78, 5) is 17.6. The molecule has 0 aromatic heterocycles. The molecule has 0 saturated carbocycles. The second kappa shape index (κ2) is 7.54. The summed E-state index contributed by atoms with van der Waals surface area (Å²) in [5, 5.41) is 0. The van der Waals surface area contributed by atoms with Crippen molar-refractivity contribution in [2.45, 2.75) is 41.9 Å². The normalized spacial score (nSPS) is 17.6. The summed E-state index contributed by atoms with van der Waals surface area (Å²) < 4.78 is 0. The van der Waals surface area contributed by atoms with E-state index in [4.69, 9.17) is 0 Å². The van der Waals surface area contributed by atoms with E-state index in [0.29, 0.717) is 5.78 Å². The quantitative estimate of drug-likeness (QED) is 0.782. The SMILES string of the molecule is CCN1CCC(C(C)=O)(c2ccccc2Sc2ccccc2)CC1. The van der Waals surface area contributed by atoms with Gasteiger partial charge in [0.1, 0.15) is 5.78 Å². The Labute approximate surface area is 149 Å². The van der Waals surface area contributed by atoms with Crippen molar-refractivity contribution < 1.29 is 4.79 Å². The number of likely N-dealkylation sites (tertiary alicyclic amines) is 1. The van der Waals surface area contributed by atoms with Crippen LogP contribution in [0.5, 0.6) is 0 Å². The number of piperidine rings is 1. The van der Waals surface area contributed by atoms with Crippen LogP contribution in [0.25, 0.3) is 0 Å². The number of hydrogen-bond acceptors (Lipinski definition) is 3. The zero-order chi connectivity index (χ0) is 17.0. The third-order valence-electron chi connectivity index (χ3n) is 5.20. The van der Waals surface area contributed by atoms with E-state index in [9.17, 15) is 4.79 Å². The molecule has 0 N–H and O–H groups in total. The summed E-state index contributed by atoms with van der Waals surface area (Å²) >= 11 is 1.76. The van der Waals surface area contributed by atoms with Gasteiger partial charge >= 0.3 is 0 Å². The van der Waals surface area contributed by atoms with Crippen molar-refractivity contribution >= 4 is 17.5 Å². The smallest absolute Gasteiger partial charge is 0.140 e. The van der Waals surface area contributed by atoms with Gasteiger partial charge in [-0.15, -0.1) is 0 Å². The lowest BCUT2D eigenvalue weighted by atomic mass is 9.70. The molecule has 1 saturated heterocycles. The van der Waals surface area contributed by atoms with Crippen molar-refractivity contribution in [3.8, 4) is 0 Å². The van der Waals surface area contributed by atoms with Crippen LogP contribution < -0.4 is 0 Å². The molecule has 126 valence electrons. The maximum absolute atomic E-state index is 12.7. The first-order valence-electron chi connectivity index (χ1n) is 8.71. The Kier molecular flexibility index (Phi) is 5.42. The lowest BCUT2D eigenvalue weighted by molar-refractivity contribution is -0.124. The van der Waals surface area contributed by atoms with Gasteiger partial charge in [0, 0.05) is 9.79 Å². The highest BCUT2D eigenvalue weighted by Crippen LogP contribution is 2.42. The van der Waals surface area contributed by atoms with E-state index in [0.717, 1.165) is 32.5 Å². The van der Waals surface area contributed by atoms with Crippen LogP contribution in [0.2, 0.25) is 0 Å². The second-order valence-electron chi connectivity index (χ2n) is 6.48. The molecular formula is C21H25NOS. The van der Waals surface area contributed by atoms with E-state index >= 15 is 0 Å². The van der Waals surface area contributed by atoms with Gasteiger partial charge in [-0.05, 0) is 63.2 Å². The number of hydrogen-bond donors (Lipinski definition) is 0. The molecule has 0 unspecified atom stereocenters. The van der Waals surface area contributed by atoms with Crippen molar-refractivity contribution in [1.29, 1.82) is 0 Å². The molecule has 0 atom stereocenters. The highest BCUT2D eigenvalue weighted by Gasteiger charge is 2.41. The fraction of sp³-hybridized carbons (Fsp3) is 0.381. The van der Waals surface area contributed by atoms with Gasteiger partial charge < -0.3 is 4.90 Å². The molecule has 1 heterocycles. The minimum Gasteiger partial charge on any atom is -0.304 e. The van der Waals surface area contributed by atoms with Crippen LogP contribution in [0.15, 0.2) is 64.4 Å². The van der Waals surface area contributed by atoms with Gasteiger partial charge in [0.2, 0.25) is 0 Å². The van der Waals surface area contributed by atoms with Crippen LogP contribution in [0.4, 0.5) is 0 Å². The molecule has 2 aromatic rings. The first-order valence-corrected chi connectivity index (χ1v) is 9.53. The topological polar surface area (TPSA) is 20.3 Å². The molecule has 2 nitrogen and oxygen atoms in total. The number of nitrogens with zero attached hydrogens (tertiary/aromatic N) is 1. The van der Waals surface area contributed by atoms with Crippen LogP contribution in [-0.2, 0) is 10.2 Å². The summed E-state index contributed by atoms with van der Waals surface area (Å²) in [5.41, 5.74) is 0.881. The Morgan fingerprint density at radius 1 is 1.04 bits per heavy atom. The fourth-order valence-electron chi connectivity index (χ4n) is 3.63. The minimum atomic E-state index is -0.329. The van der Waals surface area contributed by atoms with Crippen molar-refractivity contribution in [1.82, 2.24) is 4.90 Å². The summed E-state index contributed by atoms with van der Waals surface area (Å²) in [7, 11) is 0. The molecule has 1 aliphatic heterocycles. The Morgan fingerprint density at radius 2 is 1.67 bits per heavy atom.